The Hall–Kier alpha value is -1.49. The third kappa shape index (κ3) is 3.61. The number of carbonyl (C=O) groups is 1. The number of amides is 1. The summed E-state index contributed by atoms with van der Waals surface area (Å²) < 4.78 is 0. The molecule has 0 radical (unpaired) electrons. The molecular weight excluding hydrogens is 300 g/mol. The summed E-state index contributed by atoms with van der Waals surface area (Å²) in [5, 5.41) is 0. The van der Waals surface area contributed by atoms with Crippen molar-refractivity contribution in [2.45, 2.75) is 63.3 Å². The molecule has 2 aliphatic heterocycles. The van der Waals surface area contributed by atoms with Crippen molar-refractivity contribution in [3.8, 4) is 0 Å². The van der Waals surface area contributed by atoms with Crippen LogP contribution in [0.1, 0.15) is 73.5 Å². The maximum absolute atomic E-state index is 12.9. The molecule has 2 saturated heterocycles. The van der Waals surface area contributed by atoms with Gasteiger partial charge < -0.3 is 9.80 Å². The van der Waals surface area contributed by atoms with E-state index < -0.39 is 0 Å². The molecule has 4 rings (SSSR count). The number of nitrogens with zero attached hydrogens (tertiary/aromatic N) is 4. The van der Waals surface area contributed by atoms with E-state index in [0.717, 1.165) is 38.2 Å². The van der Waals surface area contributed by atoms with Crippen LogP contribution in [-0.4, -0.2) is 57.9 Å². The largest absolute Gasteiger partial charge is 0.336 e. The van der Waals surface area contributed by atoms with Crippen molar-refractivity contribution in [3.05, 3.63) is 23.8 Å². The Labute approximate surface area is 144 Å². The van der Waals surface area contributed by atoms with Crippen LogP contribution < -0.4 is 0 Å². The highest BCUT2D eigenvalue weighted by atomic mass is 16.2. The first-order valence-corrected chi connectivity index (χ1v) is 9.66. The van der Waals surface area contributed by atoms with E-state index in [1.165, 1.54) is 45.2 Å². The van der Waals surface area contributed by atoms with E-state index >= 15 is 0 Å². The lowest BCUT2D eigenvalue weighted by Gasteiger charge is -2.36. The van der Waals surface area contributed by atoms with Gasteiger partial charge in [-0.1, -0.05) is 0 Å². The topological polar surface area (TPSA) is 49.3 Å². The number of carbonyl (C=O) groups excluding carboxylic acids is 1. The zero-order valence-electron chi connectivity index (χ0n) is 14.5. The third-order valence-corrected chi connectivity index (χ3v) is 5.73. The van der Waals surface area contributed by atoms with Gasteiger partial charge in [0.2, 0.25) is 0 Å². The lowest BCUT2D eigenvalue weighted by atomic mass is 9.98. The molecule has 0 spiro atoms. The van der Waals surface area contributed by atoms with Crippen molar-refractivity contribution in [2.24, 2.45) is 0 Å². The first-order valence-electron chi connectivity index (χ1n) is 9.66. The molecule has 1 amide bonds. The Morgan fingerprint density at radius 1 is 1.00 bits per heavy atom. The third-order valence-electron chi connectivity index (χ3n) is 5.73. The van der Waals surface area contributed by atoms with Crippen LogP contribution in [0.3, 0.4) is 0 Å². The van der Waals surface area contributed by atoms with Gasteiger partial charge in [0.15, 0.2) is 0 Å². The number of hydrogen-bond donors (Lipinski definition) is 0. The molecule has 5 heteroatoms. The summed E-state index contributed by atoms with van der Waals surface area (Å²) in [5.74, 6) is 1.58. The van der Waals surface area contributed by atoms with Crippen molar-refractivity contribution in [3.63, 3.8) is 0 Å². The average Bonchev–Trinajstić information content (AvgIpc) is 3.36. The molecule has 1 aromatic rings. The molecule has 24 heavy (non-hydrogen) atoms. The first-order chi connectivity index (χ1) is 11.8. The lowest BCUT2D eigenvalue weighted by Crippen LogP contribution is -2.45. The molecule has 3 fully saturated rings. The normalized spacial score (nSPS) is 25.2. The molecule has 1 aliphatic carbocycles. The highest BCUT2D eigenvalue weighted by molar-refractivity contribution is 5.93. The van der Waals surface area contributed by atoms with Gasteiger partial charge in [-0.2, -0.15) is 0 Å². The Kier molecular flexibility index (Phi) is 4.79. The number of likely N-dealkylation sites (tertiary alicyclic amines) is 2. The molecule has 5 nitrogen and oxygen atoms in total. The Bertz CT molecular complexity index is 563. The van der Waals surface area contributed by atoms with Crippen LogP contribution in [0.25, 0.3) is 0 Å². The maximum atomic E-state index is 12.9. The molecule has 1 aromatic heterocycles. The van der Waals surface area contributed by atoms with E-state index in [4.69, 9.17) is 0 Å². The van der Waals surface area contributed by atoms with Crippen LogP contribution in [-0.2, 0) is 0 Å². The van der Waals surface area contributed by atoms with E-state index in [9.17, 15) is 4.79 Å². The van der Waals surface area contributed by atoms with Gasteiger partial charge in [-0.3, -0.25) is 4.79 Å². The highest BCUT2D eigenvalue weighted by Crippen LogP contribution is 2.37. The molecule has 1 unspecified atom stereocenters. The molecule has 0 N–H and O–H groups in total. The lowest BCUT2D eigenvalue weighted by molar-refractivity contribution is 0.0587. The zero-order chi connectivity index (χ0) is 16.4. The molecule has 0 aromatic carbocycles. The first kappa shape index (κ1) is 16.0. The van der Waals surface area contributed by atoms with Crippen molar-refractivity contribution < 1.29 is 4.79 Å². The minimum atomic E-state index is 0.128. The van der Waals surface area contributed by atoms with E-state index in [0.29, 0.717) is 17.5 Å². The van der Waals surface area contributed by atoms with Crippen LogP contribution in [0.4, 0.5) is 0 Å². The van der Waals surface area contributed by atoms with Gasteiger partial charge in [-0.15, -0.1) is 0 Å². The summed E-state index contributed by atoms with van der Waals surface area (Å²) in [6, 6.07) is 0.384. The van der Waals surface area contributed by atoms with Gasteiger partial charge in [0.05, 0.1) is 5.56 Å². The minimum absolute atomic E-state index is 0.128. The molecule has 3 heterocycles. The molecule has 0 bridgehead atoms. The Balaban J connectivity index is 1.39. The molecule has 1 saturated carbocycles. The Morgan fingerprint density at radius 2 is 1.71 bits per heavy atom. The fraction of sp³-hybridized carbons (Fsp3) is 0.737. The van der Waals surface area contributed by atoms with Crippen LogP contribution in [0.5, 0.6) is 0 Å². The van der Waals surface area contributed by atoms with E-state index in [-0.39, 0.29) is 5.91 Å². The van der Waals surface area contributed by atoms with Crippen molar-refractivity contribution in [2.75, 3.05) is 26.2 Å². The van der Waals surface area contributed by atoms with Crippen LogP contribution >= 0.6 is 0 Å². The van der Waals surface area contributed by atoms with Gasteiger partial charge >= 0.3 is 0 Å². The number of aromatic nitrogens is 2. The van der Waals surface area contributed by atoms with Crippen LogP contribution in [0, 0.1) is 0 Å². The summed E-state index contributed by atoms with van der Waals surface area (Å²) in [4.78, 5) is 26.4. The fourth-order valence-corrected chi connectivity index (χ4v) is 4.07. The summed E-state index contributed by atoms with van der Waals surface area (Å²) in [6.07, 6.45) is 13.1. The summed E-state index contributed by atoms with van der Waals surface area (Å²) in [5.41, 5.74) is 0.660. The van der Waals surface area contributed by atoms with Gasteiger partial charge in [0.1, 0.15) is 5.82 Å². The number of piperidine rings is 1. The SMILES string of the molecule is O=C(c1cnc(C2CC2)nc1)N1CCCCC1CCN1CCCC1. The van der Waals surface area contributed by atoms with Crippen molar-refractivity contribution in [1.82, 2.24) is 19.8 Å². The molecule has 3 aliphatic rings. The second kappa shape index (κ2) is 7.18. The fourth-order valence-electron chi connectivity index (χ4n) is 4.07. The van der Waals surface area contributed by atoms with Gasteiger partial charge in [-0.25, -0.2) is 9.97 Å². The second-order valence-corrected chi connectivity index (χ2v) is 7.59. The summed E-state index contributed by atoms with van der Waals surface area (Å²) in [6.45, 7) is 4.48. The summed E-state index contributed by atoms with van der Waals surface area (Å²) in [7, 11) is 0. The smallest absolute Gasteiger partial charge is 0.257 e. The zero-order valence-corrected chi connectivity index (χ0v) is 14.5. The Morgan fingerprint density at radius 3 is 2.42 bits per heavy atom. The molecular formula is C19H28N4O. The predicted octanol–water partition coefficient (Wildman–Crippen LogP) is 2.83. The van der Waals surface area contributed by atoms with Crippen molar-refractivity contribution in [1.29, 1.82) is 0 Å². The van der Waals surface area contributed by atoms with Crippen LogP contribution in [0.2, 0.25) is 0 Å². The highest BCUT2D eigenvalue weighted by Gasteiger charge is 2.30. The van der Waals surface area contributed by atoms with E-state index in [1.54, 1.807) is 12.4 Å². The number of rotatable bonds is 5. The van der Waals surface area contributed by atoms with Gasteiger partial charge in [0.25, 0.3) is 5.91 Å². The second-order valence-electron chi connectivity index (χ2n) is 7.59. The van der Waals surface area contributed by atoms with E-state index in [2.05, 4.69) is 19.8 Å². The monoisotopic (exact) mass is 328 g/mol. The maximum Gasteiger partial charge on any atom is 0.257 e. The average molecular weight is 328 g/mol. The molecule has 130 valence electrons. The minimum Gasteiger partial charge on any atom is -0.336 e. The predicted molar refractivity (Wildman–Crippen MR) is 93.0 cm³/mol. The standard InChI is InChI=1S/C19H28N4O/c24-19(16-13-20-18(21-14-16)15-6-7-15)23-11-2-1-5-17(23)8-12-22-9-3-4-10-22/h13-15,17H,1-12H2. The van der Waals surface area contributed by atoms with Gasteiger partial charge in [0, 0.05) is 37.4 Å². The molecule has 1 atom stereocenters. The van der Waals surface area contributed by atoms with Crippen molar-refractivity contribution >= 4 is 5.91 Å². The van der Waals surface area contributed by atoms with Crippen LogP contribution in [0.15, 0.2) is 12.4 Å². The number of hydrogen-bond acceptors (Lipinski definition) is 4. The van der Waals surface area contributed by atoms with E-state index in [1.807, 2.05) is 0 Å². The van der Waals surface area contributed by atoms with Gasteiger partial charge in [-0.05, 0) is 64.5 Å². The quantitative estimate of drug-likeness (QED) is 0.834. The summed E-state index contributed by atoms with van der Waals surface area (Å²) >= 11 is 0.